The van der Waals surface area contributed by atoms with Crippen LogP contribution in [-0.2, 0) is 14.3 Å². The van der Waals surface area contributed by atoms with Crippen molar-refractivity contribution in [3.63, 3.8) is 0 Å². The Morgan fingerprint density at radius 1 is 1.62 bits per heavy atom. The van der Waals surface area contributed by atoms with Gasteiger partial charge in [-0.3, -0.25) is 4.79 Å². The summed E-state index contributed by atoms with van der Waals surface area (Å²) in [7, 11) is 0. The quantitative estimate of drug-likeness (QED) is 0.356. The van der Waals surface area contributed by atoms with E-state index in [4.69, 9.17) is 14.6 Å². The number of ether oxygens (including phenoxy) is 2. The summed E-state index contributed by atoms with van der Waals surface area (Å²) in [6.45, 7) is 5.93. The summed E-state index contributed by atoms with van der Waals surface area (Å²) in [6, 6.07) is 0. The molecule has 0 amide bonds. The molecule has 0 spiro atoms. The van der Waals surface area contributed by atoms with E-state index in [1.165, 1.54) is 6.92 Å². The third-order valence-electron chi connectivity index (χ3n) is 1.40. The summed E-state index contributed by atoms with van der Waals surface area (Å²) < 4.78 is 9.83. The topological polar surface area (TPSA) is 55.8 Å². The molecule has 0 saturated heterocycles. The van der Waals surface area contributed by atoms with Crippen LogP contribution >= 0.6 is 0 Å². The fraction of sp³-hybridized carbons (Fsp3) is 0.667. The number of carbonyl (C=O) groups excluding carboxylic acids is 1. The summed E-state index contributed by atoms with van der Waals surface area (Å²) >= 11 is 0. The van der Waals surface area contributed by atoms with Crippen molar-refractivity contribution in [2.24, 2.45) is 5.92 Å². The minimum absolute atomic E-state index is 0.00255. The molecule has 0 rings (SSSR count). The molecule has 0 saturated carbocycles. The van der Waals surface area contributed by atoms with Gasteiger partial charge in [0, 0.05) is 12.8 Å². The van der Waals surface area contributed by atoms with Gasteiger partial charge in [0.05, 0.1) is 26.4 Å². The molecule has 1 N–H and O–H groups in total. The van der Waals surface area contributed by atoms with E-state index in [2.05, 4.69) is 6.58 Å². The smallest absolute Gasteiger partial charge is 0.302 e. The first kappa shape index (κ1) is 12.1. The van der Waals surface area contributed by atoms with E-state index >= 15 is 0 Å². The molecule has 1 atom stereocenters. The van der Waals surface area contributed by atoms with E-state index in [9.17, 15) is 4.79 Å². The molecular formula is C9H16O4. The molecule has 0 fully saturated rings. The van der Waals surface area contributed by atoms with Gasteiger partial charge in [0.2, 0.25) is 0 Å². The fourth-order valence-corrected chi connectivity index (χ4v) is 0.708. The monoisotopic (exact) mass is 188 g/mol. The third kappa shape index (κ3) is 7.49. The number of rotatable bonds is 7. The van der Waals surface area contributed by atoms with Gasteiger partial charge in [-0.2, -0.15) is 0 Å². The number of aliphatic hydroxyl groups is 1. The Labute approximate surface area is 78.2 Å². The molecule has 0 aliphatic rings. The lowest BCUT2D eigenvalue weighted by atomic mass is 10.2. The van der Waals surface area contributed by atoms with Crippen LogP contribution in [0.2, 0.25) is 0 Å². The normalized spacial score (nSPS) is 12.2. The van der Waals surface area contributed by atoms with E-state index in [1.54, 1.807) is 6.08 Å². The van der Waals surface area contributed by atoms with Gasteiger partial charge in [0.15, 0.2) is 0 Å². The predicted octanol–water partition coefficient (Wildman–Crippen LogP) is 0.361. The lowest BCUT2D eigenvalue weighted by Crippen LogP contribution is -2.16. The van der Waals surface area contributed by atoms with E-state index in [-0.39, 0.29) is 25.1 Å². The molecule has 0 aromatic heterocycles. The highest BCUT2D eigenvalue weighted by molar-refractivity contribution is 5.65. The highest BCUT2D eigenvalue weighted by atomic mass is 16.5. The average molecular weight is 188 g/mol. The van der Waals surface area contributed by atoms with E-state index in [0.29, 0.717) is 13.2 Å². The maximum atomic E-state index is 10.5. The molecule has 0 aromatic rings. The Morgan fingerprint density at radius 2 is 2.31 bits per heavy atom. The molecule has 0 radical (unpaired) electrons. The minimum atomic E-state index is -0.311. The van der Waals surface area contributed by atoms with Gasteiger partial charge in [-0.25, -0.2) is 0 Å². The zero-order valence-corrected chi connectivity index (χ0v) is 7.86. The summed E-state index contributed by atoms with van der Waals surface area (Å²) in [6.07, 6.45) is 1.67. The molecule has 13 heavy (non-hydrogen) atoms. The van der Waals surface area contributed by atoms with E-state index < -0.39 is 0 Å². The molecule has 0 aliphatic heterocycles. The van der Waals surface area contributed by atoms with Gasteiger partial charge < -0.3 is 14.6 Å². The van der Waals surface area contributed by atoms with Crippen LogP contribution in [0.5, 0.6) is 0 Å². The van der Waals surface area contributed by atoms with Crippen molar-refractivity contribution < 1.29 is 19.4 Å². The Kier molecular flexibility index (Phi) is 7.24. The first-order valence-corrected chi connectivity index (χ1v) is 4.15. The summed E-state index contributed by atoms with van der Waals surface area (Å²) in [5.41, 5.74) is 0. The summed E-state index contributed by atoms with van der Waals surface area (Å²) in [4.78, 5) is 10.5. The van der Waals surface area contributed by atoms with Crippen LogP contribution in [0.15, 0.2) is 12.7 Å². The van der Waals surface area contributed by atoms with Crippen LogP contribution < -0.4 is 0 Å². The van der Waals surface area contributed by atoms with Crippen molar-refractivity contribution in [3.8, 4) is 0 Å². The van der Waals surface area contributed by atoms with Crippen LogP contribution in [-0.4, -0.2) is 37.5 Å². The Hall–Kier alpha value is -0.870. The van der Waals surface area contributed by atoms with Crippen molar-refractivity contribution >= 4 is 5.97 Å². The van der Waals surface area contributed by atoms with Gasteiger partial charge in [0.1, 0.15) is 0 Å². The maximum absolute atomic E-state index is 10.5. The number of esters is 1. The summed E-state index contributed by atoms with van der Waals surface area (Å²) in [5.74, 6) is -0.315. The van der Waals surface area contributed by atoms with Gasteiger partial charge in [-0.1, -0.05) is 6.08 Å². The zero-order chi connectivity index (χ0) is 10.1. The molecule has 4 nitrogen and oxygen atoms in total. The fourth-order valence-electron chi connectivity index (χ4n) is 0.708. The number of aliphatic hydroxyl groups excluding tert-OH is 1. The predicted molar refractivity (Wildman–Crippen MR) is 48.2 cm³/mol. The van der Waals surface area contributed by atoms with Gasteiger partial charge in [0.25, 0.3) is 0 Å². The van der Waals surface area contributed by atoms with Crippen molar-refractivity contribution in [2.75, 3.05) is 26.4 Å². The summed E-state index contributed by atoms with van der Waals surface area (Å²) in [5, 5.41) is 8.43. The van der Waals surface area contributed by atoms with Gasteiger partial charge in [-0.15, -0.1) is 6.58 Å². The molecule has 0 bridgehead atoms. The van der Waals surface area contributed by atoms with Crippen LogP contribution in [0.3, 0.4) is 0 Å². The highest BCUT2D eigenvalue weighted by Gasteiger charge is 2.05. The first-order chi connectivity index (χ1) is 6.20. The van der Waals surface area contributed by atoms with E-state index in [0.717, 1.165) is 0 Å². The molecule has 4 heteroatoms. The third-order valence-corrected chi connectivity index (χ3v) is 1.40. The Bertz CT molecular complexity index is 156. The first-order valence-electron chi connectivity index (χ1n) is 4.15. The number of hydrogen-bond donors (Lipinski definition) is 1. The lowest BCUT2D eigenvalue weighted by molar-refractivity contribution is -0.142. The molecule has 0 heterocycles. The highest BCUT2D eigenvalue weighted by Crippen LogP contribution is 1.99. The number of carbonyl (C=O) groups is 1. The lowest BCUT2D eigenvalue weighted by Gasteiger charge is -2.11. The molecule has 76 valence electrons. The Balaban J connectivity index is 3.51. The standard InChI is InChI=1S/C9H16O4/c1-3-9(6-12-5-4-10)7-13-8(2)11/h3,9-10H,1,4-7H2,2H3. The van der Waals surface area contributed by atoms with Crippen LogP contribution in [0.25, 0.3) is 0 Å². The van der Waals surface area contributed by atoms with Crippen molar-refractivity contribution in [2.45, 2.75) is 6.92 Å². The average Bonchev–Trinajstić information content (AvgIpc) is 2.10. The zero-order valence-electron chi connectivity index (χ0n) is 7.86. The second-order valence-corrected chi connectivity index (χ2v) is 2.60. The van der Waals surface area contributed by atoms with Crippen molar-refractivity contribution in [1.82, 2.24) is 0 Å². The van der Waals surface area contributed by atoms with Crippen LogP contribution in [0.4, 0.5) is 0 Å². The molecular weight excluding hydrogens is 172 g/mol. The van der Waals surface area contributed by atoms with Crippen LogP contribution in [0, 0.1) is 5.92 Å². The second kappa shape index (κ2) is 7.76. The van der Waals surface area contributed by atoms with Gasteiger partial charge in [-0.05, 0) is 0 Å². The molecule has 0 aliphatic carbocycles. The minimum Gasteiger partial charge on any atom is -0.465 e. The Morgan fingerprint density at radius 3 is 2.77 bits per heavy atom. The largest absolute Gasteiger partial charge is 0.465 e. The molecule has 1 unspecified atom stereocenters. The van der Waals surface area contributed by atoms with E-state index in [1.807, 2.05) is 0 Å². The van der Waals surface area contributed by atoms with Crippen LogP contribution in [0.1, 0.15) is 6.92 Å². The number of hydrogen-bond acceptors (Lipinski definition) is 4. The van der Waals surface area contributed by atoms with Crippen molar-refractivity contribution in [1.29, 1.82) is 0 Å². The molecule has 0 aromatic carbocycles. The SMILES string of the molecule is C=CC(COCCO)COC(C)=O. The second-order valence-electron chi connectivity index (χ2n) is 2.60. The maximum Gasteiger partial charge on any atom is 0.302 e. The van der Waals surface area contributed by atoms with Gasteiger partial charge >= 0.3 is 5.97 Å². The van der Waals surface area contributed by atoms with Crippen molar-refractivity contribution in [3.05, 3.63) is 12.7 Å².